The van der Waals surface area contributed by atoms with E-state index in [0.29, 0.717) is 29.2 Å². The number of furan rings is 1. The van der Waals surface area contributed by atoms with Crippen LogP contribution in [0.2, 0.25) is 0 Å². The Hall–Kier alpha value is -2.34. The molecule has 3 rings (SSSR count). The second kappa shape index (κ2) is 5.57. The molecule has 0 unspecified atom stereocenters. The van der Waals surface area contributed by atoms with Crippen LogP contribution in [0.25, 0.3) is 10.2 Å². The smallest absolute Gasteiger partial charge is 0.266 e. The number of hydrogen-bond donors (Lipinski definition) is 1. The van der Waals surface area contributed by atoms with Gasteiger partial charge in [0.05, 0.1) is 23.2 Å². The van der Waals surface area contributed by atoms with Crippen LogP contribution in [0.3, 0.4) is 0 Å². The summed E-state index contributed by atoms with van der Waals surface area (Å²) >= 11 is 1.38. The predicted molar refractivity (Wildman–Crippen MR) is 83.2 cm³/mol. The van der Waals surface area contributed by atoms with Crippen molar-refractivity contribution in [2.24, 2.45) is 0 Å². The number of hydrogen-bond acceptors (Lipinski definition) is 5. The molecule has 108 valence electrons. The number of rotatable bonds is 4. The largest absolute Gasteiger partial charge is 0.467 e. The summed E-state index contributed by atoms with van der Waals surface area (Å²) in [4.78, 5) is 19.2. The molecule has 21 heavy (non-hydrogen) atoms. The molecule has 2 N–H and O–H groups in total. The minimum Gasteiger partial charge on any atom is -0.467 e. The fourth-order valence-electron chi connectivity index (χ4n) is 2.17. The van der Waals surface area contributed by atoms with Gasteiger partial charge in [0.15, 0.2) is 0 Å². The van der Waals surface area contributed by atoms with Crippen LogP contribution in [0.4, 0.5) is 5.69 Å². The van der Waals surface area contributed by atoms with Crippen LogP contribution >= 0.6 is 11.3 Å². The molecule has 0 aliphatic heterocycles. The number of anilines is 1. The van der Waals surface area contributed by atoms with Crippen molar-refractivity contribution < 1.29 is 9.21 Å². The lowest BCUT2D eigenvalue weighted by Crippen LogP contribution is -2.30. The number of nitrogens with two attached hydrogens (primary N) is 1. The molecule has 0 saturated heterocycles. The number of thiophene rings is 1. The molecule has 0 aromatic carbocycles. The summed E-state index contributed by atoms with van der Waals surface area (Å²) in [6, 6.07) is 7.42. The summed E-state index contributed by atoms with van der Waals surface area (Å²) in [5, 5.41) is 0. The quantitative estimate of drug-likeness (QED) is 0.803. The van der Waals surface area contributed by atoms with Crippen LogP contribution in [-0.4, -0.2) is 22.3 Å². The van der Waals surface area contributed by atoms with Crippen molar-refractivity contribution in [3.8, 4) is 0 Å². The van der Waals surface area contributed by atoms with Gasteiger partial charge in [-0.25, -0.2) is 0 Å². The highest BCUT2D eigenvalue weighted by Crippen LogP contribution is 2.32. The average Bonchev–Trinajstić information content (AvgIpc) is 3.13. The Morgan fingerprint density at radius 2 is 2.29 bits per heavy atom. The van der Waals surface area contributed by atoms with E-state index in [1.54, 1.807) is 17.4 Å². The summed E-state index contributed by atoms with van der Waals surface area (Å²) in [7, 11) is 0. The number of nitrogen functional groups attached to an aromatic ring is 1. The molecule has 0 saturated carbocycles. The number of carbonyl (C=O) groups excluding carboxylic acids is 1. The summed E-state index contributed by atoms with van der Waals surface area (Å²) < 4.78 is 6.23. The minimum atomic E-state index is -0.0885. The van der Waals surface area contributed by atoms with Gasteiger partial charge in [-0.1, -0.05) is 0 Å². The van der Waals surface area contributed by atoms with Crippen LogP contribution in [0, 0.1) is 0 Å². The van der Waals surface area contributed by atoms with E-state index in [0.717, 1.165) is 10.5 Å². The third kappa shape index (κ3) is 2.50. The fraction of sp³-hybridized carbons (Fsp3) is 0.200. The molecule has 1 amide bonds. The first-order valence-corrected chi connectivity index (χ1v) is 7.47. The van der Waals surface area contributed by atoms with Gasteiger partial charge in [-0.3, -0.25) is 9.78 Å². The van der Waals surface area contributed by atoms with Crippen molar-refractivity contribution in [1.29, 1.82) is 0 Å². The maximum Gasteiger partial charge on any atom is 0.266 e. The van der Waals surface area contributed by atoms with E-state index in [-0.39, 0.29) is 5.91 Å². The molecular formula is C15H15N3O2S. The Labute approximate surface area is 126 Å². The van der Waals surface area contributed by atoms with Crippen molar-refractivity contribution in [3.63, 3.8) is 0 Å². The average molecular weight is 301 g/mol. The highest BCUT2D eigenvalue weighted by atomic mass is 32.1. The molecule has 0 aliphatic carbocycles. The number of nitrogens with zero attached hydrogens (tertiary/aromatic N) is 2. The number of fused-ring (bicyclic) bond motifs is 1. The second-order valence-electron chi connectivity index (χ2n) is 4.59. The summed E-state index contributed by atoms with van der Waals surface area (Å²) in [6.45, 7) is 2.95. The zero-order chi connectivity index (χ0) is 14.8. The van der Waals surface area contributed by atoms with Gasteiger partial charge in [0.1, 0.15) is 16.2 Å². The lowest BCUT2D eigenvalue weighted by Gasteiger charge is -2.19. The van der Waals surface area contributed by atoms with Crippen molar-refractivity contribution >= 4 is 33.1 Å². The Kier molecular flexibility index (Phi) is 3.62. The molecule has 5 nitrogen and oxygen atoms in total. The standard InChI is InChI=1S/C15H15N3O2S/c1-2-18(9-10-5-4-8-20-10)15(19)14-12(16)13-11(21-14)6-3-7-17-13/h3-8H,2,9,16H2,1H3. The third-order valence-corrected chi connectivity index (χ3v) is 4.42. The zero-order valence-corrected chi connectivity index (χ0v) is 12.4. The normalized spacial score (nSPS) is 10.9. The van der Waals surface area contributed by atoms with E-state index < -0.39 is 0 Å². The van der Waals surface area contributed by atoms with Crippen LogP contribution in [0.15, 0.2) is 41.1 Å². The maximum absolute atomic E-state index is 12.7. The highest BCUT2D eigenvalue weighted by Gasteiger charge is 2.22. The first-order chi connectivity index (χ1) is 10.2. The van der Waals surface area contributed by atoms with E-state index in [1.165, 1.54) is 11.3 Å². The topological polar surface area (TPSA) is 72.4 Å². The van der Waals surface area contributed by atoms with Crippen LogP contribution < -0.4 is 5.73 Å². The van der Waals surface area contributed by atoms with Crippen molar-refractivity contribution in [1.82, 2.24) is 9.88 Å². The van der Waals surface area contributed by atoms with Gasteiger partial charge in [0, 0.05) is 12.7 Å². The molecule has 0 atom stereocenters. The number of amides is 1. The van der Waals surface area contributed by atoms with Gasteiger partial charge in [-0.05, 0) is 31.2 Å². The molecule has 6 heteroatoms. The third-order valence-electron chi connectivity index (χ3n) is 3.27. The Morgan fingerprint density at radius 1 is 1.43 bits per heavy atom. The second-order valence-corrected chi connectivity index (χ2v) is 5.65. The van der Waals surface area contributed by atoms with Gasteiger partial charge in [0.25, 0.3) is 5.91 Å². The van der Waals surface area contributed by atoms with E-state index in [1.807, 2.05) is 31.2 Å². The molecule has 0 aliphatic rings. The lowest BCUT2D eigenvalue weighted by atomic mass is 10.3. The lowest BCUT2D eigenvalue weighted by molar-refractivity contribution is 0.0747. The number of carbonyl (C=O) groups is 1. The summed E-state index contributed by atoms with van der Waals surface area (Å²) in [6.07, 6.45) is 3.28. The number of pyridine rings is 1. The molecule has 3 heterocycles. The van der Waals surface area contributed by atoms with E-state index >= 15 is 0 Å². The van der Waals surface area contributed by atoms with E-state index in [4.69, 9.17) is 10.2 Å². The van der Waals surface area contributed by atoms with Gasteiger partial charge in [-0.2, -0.15) is 0 Å². The Balaban J connectivity index is 1.93. The van der Waals surface area contributed by atoms with Crippen molar-refractivity contribution in [3.05, 3.63) is 47.4 Å². The van der Waals surface area contributed by atoms with Crippen LogP contribution in [0.1, 0.15) is 22.4 Å². The SMILES string of the molecule is CCN(Cc1ccco1)C(=O)c1sc2cccnc2c1N. The monoisotopic (exact) mass is 301 g/mol. The Morgan fingerprint density at radius 3 is 2.95 bits per heavy atom. The molecular weight excluding hydrogens is 286 g/mol. The van der Waals surface area contributed by atoms with Crippen molar-refractivity contribution in [2.45, 2.75) is 13.5 Å². The van der Waals surface area contributed by atoms with Crippen LogP contribution in [-0.2, 0) is 6.54 Å². The number of aromatic nitrogens is 1. The molecule has 0 bridgehead atoms. The molecule has 3 aromatic rings. The maximum atomic E-state index is 12.7. The highest BCUT2D eigenvalue weighted by molar-refractivity contribution is 7.21. The molecule has 0 fully saturated rings. The first-order valence-electron chi connectivity index (χ1n) is 6.65. The van der Waals surface area contributed by atoms with Gasteiger partial charge in [-0.15, -0.1) is 11.3 Å². The van der Waals surface area contributed by atoms with E-state index in [9.17, 15) is 4.79 Å². The summed E-state index contributed by atoms with van der Waals surface area (Å²) in [5.74, 6) is 0.664. The first kappa shape index (κ1) is 13.6. The van der Waals surface area contributed by atoms with Crippen molar-refractivity contribution in [2.75, 3.05) is 12.3 Å². The molecule has 3 aromatic heterocycles. The van der Waals surface area contributed by atoms with Gasteiger partial charge >= 0.3 is 0 Å². The molecule has 0 radical (unpaired) electrons. The van der Waals surface area contributed by atoms with Gasteiger partial charge < -0.3 is 15.1 Å². The van der Waals surface area contributed by atoms with E-state index in [2.05, 4.69) is 4.98 Å². The van der Waals surface area contributed by atoms with Crippen LogP contribution in [0.5, 0.6) is 0 Å². The predicted octanol–water partition coefficient (Wildman–Crippen LogP) is 3.13. The Bertz CT molecular complexity index is 764. The molecule has 0 spiro atoms. The fourth-order valence-corrected chi connectivity index (χ4v) is 3.22. The zero-order valence-electron chi connectivity index (χ0n) is 11.6. The van der Waals surface area contributed by atoms with Gasteiger partial charge in [0.2, 0.25) is 0 Å². The summed E-state index contributed by atoms with van der Waals surface area (Å²) in [5.41, 5.74) is 7.23. The minimum absolute atomic E-state index is 0.0885.